The molecule has 0 N–H and O–H groups in total. The summed E-state index contributed by atoms with van der Waals surface area (Å²) in [4.78, 5) is 28.3. The lowest BCUT2D eigenvalue weighted by molar-refractivity contribution is -0.141. The zero-order valence-corrected chi connectivity index (χ0v) is 24.1. The maximum atomic E-state index is 13.3. The Morgan fingerprint density at radius 2 is 1.88 bits per heavy atom. The summed E-state index contributed by atoms with van der Waals surface area (Å²) >= 11 is 20.2. The number of hydrogen-bond acceptors (Lipinski definition) is 7. The van der Waals surface area contributed by atoms with Crippen molar-refractivity contribution in [1.82, 2.24) is 14.9 Å². The van der Waals surface area contributed by atoms with E-state index in [1.807, 2.05) is 5.38 Å². The number of pyridine rings is 1. The molecule has 0 bridgehead atoms. The Hall–Kier alpha value is -2.60. The maximum Gasteiger partial charge on any atom is 0.421 e. The SMILES string of the molecule is Cc1cnc(OCC(=O)N2CCC(c3nc(C4=NOC(c5c(Cl)cc(Cl)cc5Cl)C4)cs3)CC2)c(C(F)(F)F)c1. The maximum absolute atomic E-state index is 13.3. The molecule has 4 heterocycles. The van der Waals surface area contributed by atoms with Crippen LogP contribution in [0.4, 0.5) is 13.2 Å². The molecule has 0 spiro atoms. The first-order valence-electron chi connectivity index (χ1n) is 12.3. The minimum atomic E-state index is -4.63. The predicted octanol–water partition coefficient (Wildman–Crippen LogP) is 7.48. The molecular weight excluding hydrogens is 612 g/mol. The molecule has 7 nitrogen and oxygen atoms in total. The van der Waals surface area contributed by atoms with Gasteiger partial charge in [-0.05, 0) is 43.5 Å². The van der Waals surface area contributed by atoms with Crippen molar-refractivity contribution in [2.45, 2.75) is 44.4 Å². The number of aromatic nitrogens is 2. The van der Waals surface area contributed by atoms with Crippen LogP contribution in [0.1, 0.15) is 58.7 Å². The number of amides is 1. The summed E-state index contributed by atoms with van der Waals surface area (Å²) in [5, 5.41) is 8.28. The van der Waals surface area contributed by atoms with Crippen LogP contribution in [0.2, 0.25) is 15.1 Å². The molecule has 3 aromatic rings. The van der Waals surface area contributed by atoms with E-state index in [2.05, 4.69) is 10.1 Å². The Kier molecular flexibility index (Phi) is 8.47. The Labute approximate surface area is 246 Å². The number of likely N-dealkylation sites (tertiary alicyclic amines) is 1. The summed E-state index contributed by atoms with van der Waals surface area (Å²) in [7, 11) is 0. The molecule has 2 aliphatic heterocycles. The number of ether oxygens (including phenoxy) is 1. The van der Waals surface area contributed by atoms with Crippen molar-refractivity contribution in [3.63, 3.8) is 0 Å². The number of benzene rings is 1. The molecule has 14 heteroatoms. The Morgan fingerprint density at radius 1 is 1.18 bits per heavy atom. The van der Waals surface area contributed by atoms with Gasteiger partial charge < -0.3 is 14.5 Å². The fourth-order valence-corrected chi connectivity index (χ4v) is 6.68. The number of nitrogens with zero attached hydrogens (tertiary/aromatic N) is 4. The van der Waals surface area contributed by atoms with Crippen molar-refractivity contribution in [3.8, 4) is 5.88 Å². The zero-order chi connectivity index (χ0) is 28.6. The Balaban J connectivity index is 1.15. The fraction of sp³-hybridized carbons (Fsp3) is 0.385. The average Bonchev–Trinajstić information content (AvgIpc) is 3.57. The van der Waals surface area contributed by atoms with Gasteiger partial charge in [-0.15, -0.1) is 11.3 Å². The van der Waals surface area contributed by atoms with Crippen LogP contribution in [0.5, 0.6) is 5.88 Å². The summed E-state index contributed by atoms with van der Waals surface area (Å²) < 4.78 is 45.1. The number of aryl methyl sites for hydroxylation is 1. The molecule has 1 aromatic carbocycles. The number of alkyl halides is 3. The molecule has 0 aliphatic carbocycles. The number of hydrogen-bond donors (Lipinski definition) is 0. The molecular formula is C26H22Cl3F3N4O3S. The molecule has 1 amide bonds. The number of rotatable bonds is 6. The number of carbonyl (C=O) groups excluding carboxylic acids is 1. The molecule has 212 valence electrons. The van der Waals surface area contributed by atoms with Crippen LogP contribution in [-0.2, 0) is 15.8 Å². The molecule has 0 saturated carbocycles. The number of halogens is 6. The van der Waals surface area contributed by atoms with E-state index >= 15 is 0 Å². The highest BCUT2D eigenvalue weighted by atomic mass is 35.5. The zero-order valence-electron chi connectivity index (χ0n) is 21.0. The van der Waals surface area contributed by atoms with Gasteiger partial charge in [-0.1, -0.05) is 40.0 Å². The molecule has 1 atom stereocenters. The Morgan fingerprint density at radius 3 is 2.55 bits per heavy atom. The lowest BCUT2D eigenvalue weighted by atomic mass is 9.97. The van der Waals surface area contributed by atoms with Gasteiger partial charge in [0, 0.05) is 47.6 Å². The summed E-state index contributed by atoms with van der Waals surface area (Å²) in [6.07, 6.45) is -2.03. The molecule has 1 fully saturated rings. The van der Waals surface area contributed by atoms with Crippen molar-refractivity contribution in [2.24, 2.45) is 5.16 Å². The Bertz CT molecular complexity index is 1440. The molecule has 1 saturated heterocycles. The van der Waals surface area contributed by atoms with Crippen LogP contribution in [0, 0.1) is 6.92 Å². The highest BCUT2D eigenvalue weighted by Gasteiger charge is 2.36. The van der Waals surface area contributed by atoms with Gasteiger partial charge in [0.1, 0.15) is 11.3 Å². The van der Waals surface area contributed by atoms with E-state index in [0.29, 0.717) is 70.0 Å². The molecule has 0 radical (unpaired) electrons. The van der Waals surface area contributed by atoms with E-state index in [1.54, 1.807) is 17.0 Å². The van der Waals surface area contributed by atoms with E-state index in [0.717, 1.165) is 11.1 Å². The average molecular weight is 634 g/mol. The van der Waals surface area contributed by atoms with Gasteiger partial charge in [-0.25, -0.2) is 9.97 Å². The van der Waals surface area contributed by atoms with E-state index in [-0.39, 0.29) is 5.92 Å². The smallest absolute Gasteiger partial charge is 0.421 e. The van der Waals surface area contributed by atoms with Gasteiger partial charge in [0.25, 0.3) is 5.91 Å². The summed E-state index contributed by atoms with van der Waals surface area (Å²) in [5.41, 5.74) is 1.36. The molecule has 40 heavy (non-hydrogen) atoms. The summed E-state index contributed by atoms with van der Waals surface area (Å²) in [6.45, 7) is 1.86. The molecule has 2 aromatic heterocycles. The number of carbonyl (C=O) groups is 1. The first-order valence-corrected chi connectivity index (χ1v) is 14.3. The normalized spacial score (nSPS) is 18.0. The largest absolute Gasteiger partial charge is 0.467 e. The summed E-state index contributed by atoms with van der Waals surface area (Å²) in [5.74, 6) is -0.853. The van der Waals surface area contributed by atoms with E-state index < -0.39 is 36.2 Å². The van der Waals surface area contributed by atoms with Gasteiger partial charge in [0.15, 0.2) is 12.7 Å². The fourth-order valence-electron chi connectivity index (χ4n) is 4.62. The lowest BCUT2D eigenvalue weighted by Crippen LogP contribution is -2.40. The second-order valence-electron chi connectivity index (χ2n) is 9.50. The second-order valence-corrected chi connectivity index (χ2v) is 11.6. The third-order valence-electron chi connectivity index (χ3n) is 6.67. The molecule has 5 rings (SSSR count). The predicted molar refractivity (Wildman–Crippen MR) is 147 cm³/mol. The van der Waals surface area contributed by atoms with Crippen LogP contribution in [-0.4, -0.2) is 46.2 Å². The topological polar surface area (TPSA) is 76.9 Å². The number of oxime groups is 1. The van der Waals surface area contributed by atoms with Crippen LogP contribution >= 0.6 is 46.1 Å². The third-order valence-corrected chi connectivity index (χ3v) is 8.53. The van der Waals surface area contributed by atoms with E-state index in [1.165, 1.54) is 24.5 Å². The van der Waals surface area contributed by atoms with Gasteiger partial charge in [-0.3, -0.25) is 4.79 Å². The van der Waals surface area contributed by atoms with Crippen molar-refractivity contribution in [3.05, 3.63) is 72.2 Å². The van der Waals surface area contributed by atoms with Gasteiger partial charge in [-0.2, -0.15) is 13.2 Å². The first-order chi connectivity index (χ1) is 19.0. The number of piperidine rings is 1. The van der Waals surface area contributed by atoms with Crippen LogP contribution in [0.15, 0.2) is 34.9 Å². The quantitative estimate of drug-likeness (QED) is 0.281. The third kappa shape index (κ3) is 6.32. The highest BCUT2D eigenvalue weighted by molar-refractivity contribution is 7.10. The van der Waals surface area contributed by atoms with Gasteiger partial charge in [0.2, 0.25) is 5.88 Å². The monoisotopic (exact) mass is 632 g/mol. The van der Waals surface area contributed by atoms with Crippen molar-refractivity contribution >= 4 is 57.8 Å². The molecule has 2 aliphatic rings. The van der Waals surface area contributed by atoms with Crippen LogP contribution in [0.3, 0.4) is 0 Å². The van der Waals surface area contributed by atoms with Gasteiger partial charge >= 0.3 is 6.18 Å². The number of thiazole rings is 1. The van der Waals surface area contributed by atoms with Gasteiger partial charge in [0.05, 0.1) is 20.7 Å². The first kappa shape index (κ1) is 28.9. The lowest BCUT2D eigenvalue weighted by Gasteiger charge is -2.31. The van der Waals surface area contributed by atoms with E-state index in [9.17, 15) is 18.0 Å². The van der Waals surface area contributed by atoms with E-state index in [4.69, 9.17) is 49.4 Å². The minimum absolute atomic E-state index is 0.137. The van der Waals surface area contributed by atoms with Crippen molar-refractivity contribution in [2.75, 3.05) is 19.7 Å². The van der Waals surface area contributed by atoms with Crippen LogP contribution in [0.25, 0.3) is 0 Å². The highest BCUT2D eigenvalue weighted by Crippen LogP contribution is 2.40. The minimum Gasteiger partial charge on any atom is -0.467 e. The standard InChI is InChI=1S/C26H22Cl3F3N4O3S/c1-13-6-16(26(30,31)32)24(33-10-13)38-11-22(37)36-4-2-14(3-5-36)25-34-20(12-40-25)19-9-21(39-35-19)23-17(28)7-15(27)8-18(23)29/h6-8,10,12,14,21H,2-5,9,11H2,1H3. The second kappa shape index (κ2) is 11.7. The van der Waals surface area contributed by atoms with Crippen molar-refractivity contribution in [1.29, 1.82) is 0 Å². The molecule has 1 unspecified atom stereocenters. The summed E-state index contributed by atoms with van der Waals surface area (Å²) in [6, 6.07) is 4.16. The van der Waals surface area contributed by atoms with Crippen LogP contribution < -0.4 is 4.74 Å². The van der Waals surface area contributed by atoms with Crippen molar-refractivity contribution < 1.29 is 27.5 Å².